The van der Waals surface area contributed by atoms with Gasteiger partial charge in [-0.15, -0.1) is 11.8 Å². The predicted octanol–water partition coefficient (Wildman–Crippen LogP) is 2.78. The van der Waals surface area contributed by atoms with Gasteiger partial charge in [0.25, 0.3) is 5.56 Å². The first-order valence-electron chi connectivity index (χ1n) is 7.64. The van der Waals surface area contributed by atoms with Crippen molar-refractivity contribution >= 4 is 28.1 Å². The third-order valence-electron chi connectivity index (χ3n) is 3.54. The van der Waals surface area contributed by atoms with Crippen molar-refractivity contribution in [3.05, 3.63) is 45.3 Å². The van der Waals surface area contributed by atoms with E-state index in [2.05, 4.69) is 10.1 Å². The van der Waals surface area contributed by atoms with E-state index in [4.69, 9.17) is 9.47 Å². The summed E-state index contributed by atoms with van der Waals surface area (Å²) in [7, 11) is 0. The highest BCUT2D eigenvalue weighted by molar-refractivity contribution is 7.98. The van der Waals surface area contributed by atoms with Crippen LogP contribution in [0.15, 0.2) is 34.0 Å². The Balaban J connectivity index is 1.55. The maximum absolute atomic E-state index is 12.2. The summed E-state index contributed by atoms with van der Waals surface area (Å²) in [5.41, 5.74) is 0.625. The number of thioether (sulfide) groups is 1. The van der Waals surface area contributed by atoms with Gasteiger partial charge in [-0.2, -0.15) is 9.61 Å². The van der Waals surface area contributed by atoms with Crippen molar-refractivity contribution in [1.82, 2.24) is 14.6 Å². The molecular weight excluding hydrogens is 346 g/mol. The summed E-state index contributed by atoms with van der Waals surface area (Å²) in [6.45, 7) is 3.17. The fourth-order valence-electron chi connectivity index (χ4n) is 2.38. The van der Waals surface area contributed by atoms with Gasteiger partial charge in [0.2, 0.25) is 4.96 Å². The fraction of sp³-hybridized carbons (Fsp3) is 0.312. The number of aryl methyl sites for hydroxylation is 1. The second kappa shape index (κ2) is 6.45. The van der Waals surface area contributed by atoms with Crippen molar-refractivity contribution in [2.75, 3.05) is 13.2 Å². The summed E-state index contributed by atoms with van der Waals surface area (Å²) in [5, 5.41) is 5.17. The molecule has 1 aliphatic rings. The largest absolute Gasteiger partial charge is 0.486 e. The molecular formula is C16H15N3O3S2. The normalized spacial score (nSPS) is 13.4. The Morgan fingerprint density at radius 3 is 2.92 bits per heavy atom. The van der Waals surface area contributed by atoms with Gasteiger partial charge in [0.1, 0.15) is 18.2 Å². The molecule has 0 bridgehead atoms. The molecule has 0 spiro atoms. The standard InChI is InChI=1S/C16H15N3O3S2/c1-2-14-18-19-15(20)7-10(17-16(19)24-14)9-23-11-3-4-12-13(8-11)22-6-5-21-12/h3-4,7-8H,2,5-6,9H2,1H3. The molecule has 3 heterocycles. The Morgan fingerprint density at radius 1 is 1.25 bits per heavy atom. The molecule has 1 aromatic carbocycles. The van der Waals surface area contributed by atoms with Gasteiger partial charge >= 0.3 is 0 Å². The average Bonchev–Trinajstić information content (AvgIpc) is 3.04. The number of fused-ring (bicyclic) bond motifs is 2. The first-order chi connectivity index (χ1) is 11.7. The summed E-state index contributed by atoms with van der Waals surface area (Å²) < 4.78 is 12.5. The highest BCUT2D eigenvalue weighted by atomic mass is 32.2. The molecule has 4 rings (SSSR count). The molecule has 0 unspecified atom stereocenters. The first kappa shape index (κ1) is 15.5. The number of rotatable bonds is 4. The molecule has 0 amide bonds. The van der Waals surface area contributed by atoms with Gasteiger partial charge in [-0.3, -0.25) is 4.79 Å². The van der Waals surface area contributed by atoms with E-state index in [1.165, 1.54) is 15.9 Å². The molecule has 8 heteroatoms. The van der Waals surface area contributed by atoms with Crippen molar-refractivity contribution in [3.63, 3.8) is 0 Å². The van der Waals surface area contributed by atoms with E-state index in [-0.39, 0.29) is 5.56 Å². The van der Waals surface area contributed by atoms with Crippen LogP contribution >= 0.6 is 23.1 Å². The van der Waals surface area contributed by atoms with Gasteiger partial charge in [-0.1, -0.05) is 18.3 Å². The zero-order valence-electron chi connectivity index (χ0n) is 13.0. The topological polar surface area (TPSA) is 65.7 Å². The van der Waals surface area contributed by atoms with Gasteiger partial charge in [0.15, 0.2) is 11.5 Å². The average molecular weight is 361 g/mol. The zero-order chi connectivity index (χ0) is 16.5. The van der Waals surface area contributed by atoms with Gasteiger partial charge in [0.05, 0.1) is 5.69 Å². The first-order valence-corrected chi connectivity index (χ1v) is 9.44. The van der Waals surface area contributed by atoms with Crippen LogP contribution in [0.5, 0.6) is 11.5 Å². The molecule has 124 valence electrons. The number of hydrogen-bond donors (Lipinski definition) is 0. The van der Waals surface area contributed by atoms with Crippen LogP contribution in [0.2, 0.25) is 0 Å². The van der Waals surface area contributed by atoms with E-state index in [1.807, 2.05) is 25.1 Å². The van der Waals surface area contributed by atoms with Crippen LogP contribution in [0.1, 0.15) is 17.6 Å². The molecule has 0 radical (unpaired) electrons. The van der Waals surface area contributed by atoms with Gasteiger partial charge < -0.3 is 9.47 Å². The molecule has 24 heavy (non-hydrogen) atoms. The van der Waals surface area contributed by atoms with Crippen molar-refractivity contribution in [3.8, 4) is 11.5 Å². The van der Waals surface area contributed by atoms with Crippen LogP contribution in [0, 0.1) is 0 Å². The Morgan fingerprint density at radius 2 is 2.08 bits per heavy atom. The lowest BCUT2D eigenvalue weighted by atomic mass is 10.3. The number of nitrogens with zero attached hydrogens (tertiary/aromatic N) is 3. The lowest BCUT2D eigenvalue weighted by Crippen LogP contribution is -2.15. The molecule has 0 fully saturated rings. The molecule has 0 aliphatic carbocycles. The van der Waals surface area contributed by atoms with Crippen molar-refractivity contribution in [2.24, 2.45) is 0 Å². The third kappa shape index (κ3) is 2.99. The number of ether oxygens (including phenoxy) is 2. The summed E-state index contributed by atoms with van der Waals surface area (Å²) in [4.78, 5) is 18.4. The van der Waals surface area contributed by atoms with E-state index in [0.29, 0.717) is 23.9 Å². The summed E-state index contributed by atoms with van der Waals surface area (Å²) in [5.74, 6) is 2.16. The van der Waals surface area contributed by atoms with Crippen LogP contribution in [0.25, 0.3) is 4.96 Å². The lowest BCUT2D eigenvalue weighted by molar-refractivity contribution is 0.171. The Kier molecular flexibility index (Phi) is 4.15. The van der Waals surface area contributed by atoms with Crippen LogP contribution in [-0.2, 0) is 12.2 Å². The lowest BCUT2D eigenvalue weighted by Gasteiger charge is -2.18. The molecule has 2 aromatic heterocycles. The molecule has 1 aliphatic heterocycles. The number of aromatic nitrogens is 3. The molecule has 3 aromatic rings. The maximum atomic E-state index is 12.2. The molecule has 0 atom stereocenters. The smallest absolute Gasteiger partial charge is 0.275 e. The minimum Gasteiger partial charge on any atom is -0.486 e. The summed E-state index contributed by atoms with van der Waals surface area (Å²) in [6.07, 6.45) is 0.800. The maximum Gasteiger partial charge on any atom is 0.275 e. The quantitative estimate of drug-likeness (QED) is 0.666. The minimum absolute atomic E-state index is 0.131. The van der Waals surface area contributed by atoms with E-state index >= 15 is 0 Å². The van der Waals surface area contributed by atoms with Crippen LogP contribution in [0.4, 0.5) is 0 Å². The van der Waals surface area contributed by atoms with Gasteiger partial charge in [0, 0.05) is 16.7 Å². The second-order valence-corrected chi connectivity index (χ2v) is 7.31. The fourth-order valence-corrected chi connectivity index (χ4v) is 4.06. The minimum atomic E-state index is -0.131. The Labute approximate surface area is 146 Å². The second-order valence-electron chi connectivity index (χ2n) is 5.22. The van der Waals surface area contributed by atoms with Gasteiger partial charge in [-0.25, -0.2) is 4.98 Å². The van der Waals surface area contributed by atoms with Crippen LogP contribution in [0.3, 0.4) is 0 Å². The highest BCUT2D eigenvalue weighted by Crippen LogP contribution is 2.34. The van der Waals surface area contributed by atoms with Gasteiger partial charge in [-0.05, 0) is 24.6 Å². The summed E-state index contributed by atoms with van der Waals surface area (Å²) >= 11 is 3.08. The number of benzene rings is 1. The van der Waals surface area contributed by atoms with E-state index in [0.717, 1.165) is 33.5 Å². The van der Waals surface area contributed by atoms with Crippen molar-refractivity contribution in [1.29, 1.82) is 0 Å². The summed E-state index contributed by atoms with van der Waals surface area (Å²) in [6, 6.07) is 7.42. The van der Waals surface area contributed by atoms with E-state index < -0.39 is 0 Å². The van der Waals surface area contributed by atoms with Crippen molar-refractivity contribution < 1.29 is 9.47 Å². The monoisotopic (exact) mass is 361 g/mol. The molecule has 0 saturated carbocycles. The molecule has 0 saturated heterocycles. The number of hydrogen-bond acceptors (Lipinski definition) is 7. The third-order valence-corrected chi connectivity index (χ3v) is 5.62. The Bertz CT molecular complexity index is 951. The predicted molar refractivity (Wildman–Crippen MR) is 93.5 cm³/mol. The Hall–Kier alpha value is -2.06. The SMILES string of the molecule is CCc1nn2c(=O)cc(CSc3ccc4c(c3)OCCO4)nc2s1. The van der Waals surface area contributed by atoms with E-state index in [1.54, 1.807) is 17.8 Å². The van der Waals surface area contributed by atoms with Crippen LogP contribution in [-0.4, -0.2) is 27.8 Å². The highest BCUT2D eigenvalue weighted by Gasteiger charge is 2.13. The van der Waals surface area contributed by atoms with Crippen LogP contribution < -0.4 is 15.0 Å². The molecule has 0 N–H and O–H groups in total. The molecule has 6 nitrogen and oxygen atoms in total. The van der Waals surface area contributed by atoms with E-state index in [9.17, 15) is 4.79 Å². The zero-order valence-corrected chi connectivity index (χ0v) is 14.7. The van der Waals surface area contributed by atoms with Crippen molar-refractivity contribution in [2.45, 2.75) is 24.0 Å².